The number of aromatic nitrogens is 2. The second kappa shape index (κ2) is 8.44. The largest absolute Gasteiger partial charge is 0.486 e. The average molecular weight is 498 g/mol. The molecule has 186 valence electrons. The lowest BCUT2D eigenvalue weighted by atomic mass is 10.1. The molecule has 7 rings (SSSR count). The highest BCUT2D eigenvalue weighted by Gasteiger charge is 2.41. The van der Waals surface area contributed by atoms with Crippen LogP contribution in [0.5, 0.6) is 23.0 Å². The smallest absolute Gasteiger partial charge is 0.253 e. The van der Waals surface area contributed by atoms with Gasteiger partial charge in [-0.3, -0.25) is 19.1 Å². The number of para-hydroxylation sites is 2. The number of benzene rings is 3. The summed E-state index contributed by atoms with van der Waals surface area (Å²) < 4.78 is 23.9. The summed E-state index contributed by atoms with van der Waals surface area (Å²) in [5.74, 6) is 2.58. The van der Waals surface area contributed by atoms with Crippen LogP contribution < -0.4 is 29.2 Å². The van der Waals surface area contributed by atoms with Crippen LogP contribution in [-0.2, 0) is 16.1 Å². The minimum Gasteiger partial charge on any atom is -0.486 e. The first-order chi connectivity index (χ1) is 18.1. The number of nitrogens with zero attached hydrogens (tertiary/aromatic N) is 3. The van der Waals surface area contributed by atoms with Gasteiger partial charge in [-0.15, -0.1) is 0 Å². The van der Waals surface area contributed by atoms with E-state index >= 15 is 0 Å². The molecule has 1 atom stereocenters. The van der Waals surface area contributed by atoms with E-state index in [0.717, 1.165) is 16.6 Å². The van der Waals surface area contributed by atoms with Crippen molar-refractivity contribution < 1.29 is 28.5 Å². The summed E-state index contributed by atoms with van der Waals surface area (Å²) in [5, 5.41) is 2.89. The number of ether oxygens (including phenoxy) is 4. The number of rotatable bonds is 5. The fraction of sp³-hybridized carbons (Fsp3) is 0.222. The van der Waals surface area contributed by atoms with E-state index in [2.05, 4.69) is 5.32 Å². The van der Waals surface area contributed by atoms with Crippen LogP contribution in [0.2, 0.25) is 0 Å². The second-order valence-corrected chi connectivity index (χ2v) is 9.01. The van der Waals surface area contributed by atoms with Crippen LogP contribution in [0.15, 0.2) is 60.7 Å². The predicted molar refractivity (Wildman–Crippen MR) is 133 cm³/mol. The predicted octanol–water partition coefficient (Wildman–Crippen LogP) is 3.65. The Morgan fingerprint density at radius 3 is 2.59 bits per heavy atom. The van der Waals surface area contributed by atoms with E-state index in [1.807, 2.05) is 47.0 Å². The molecule has 4 heterocycles. The summed E-state index contributed by atoms with van der Waals surface area (Å²) in [6, 6.07) is 17.7. The molecule has 37 heavy (non-hydrogen) atoms. The zero-order chi connectivity index (χ0) is 24.9. The lowest BCUT2D eigenvalue weighted by Crippen LogP contribution is -2.31. The molecule has 4 aromatic rings. The van der Waals surface area contributed by atoms with Crippen LogP contribution in [0.4, 0.5) is 11.6 Å². The maximum Gasteiger partial charge on any atom is 0.253 e. The summed E-state index contributed by atoms with van der Waals surface area (Å²) in [4.78, 5) is 33.2. The molecule has 0 aliphatic carbocycles. The monoisotopic (exact) mass is 498 g/mol. The Balaban J connectivity index is 1.17. The van der Waals surface area contributed by atoms with Gasteiger partial charge in [0.05, 0.1) is 24.0 Å². The molecule has 0 fully saturated rings. The number of fused-ring (bicyclic) bond motifs is 5. The molecule has 1 N–H and O–H groups in total. The molecular formula is C27H22N4O6. The summed E-state index contributed by atoms with van der Waals surface area (Å²) in [5.41, 5.74) is 3.01. The quantitative estimate of drug-likeness (QED) is 0.448. The molecule has 1 aromatic heterocycles. The van der Waals surface area contributed by atoms with Gasteiger partial charge in [-0.05, 0) is 42.0 Å². The summed E-state index contributed by atoms with van der Waals surface area (Å²) in [6.07, 6.45) is -0.0434. The van der Waals surface area contributed by atoms with Gasteiger partial charge >= 0.3 is 0 Å². The van der Waals surface area contributed by atoms with Crippen LogP contribution in [-0.4, -0.2) is 41.4 Å². The fourth-order valence-electron chi connectivity index (χ4n) is 4.98. The molecule has 0 bridgehead atoms. The third-order valence-corrected chi connectivity index (χ3v) is 6.66. The molecule has 0 saturated carbocycles. The van der Waals surface area contributed by atoms with Crippen molar-refractivity contribution in [2.75, 3.05) is 30.2 Å². The summed E-state index contributed by atoms with van der Waals surface area (Å²) in [7, 11) is 0. The summed E-state index contributed by atoms with van der Waals surface area (Å²) in [6.45, 7) is 1.42. The van der Waals surface area contributed by atoms with Gasteiger partial charge in [-0.1, -0.05) is 18.2 Å². The third kappa shape index (κ3) is 3.68. The van der Waals surface area contributed by atoms with Gasteiger partial charge < -0.3 is 24.3 Å². The van der Waals surface area contributed by atoms with E-state index in [4.69, 9.17) is 23.9 Å². The molecule has 3 aliphatic rings. The second-order valence-electron chi connectivity index (χ2n) is 9.01. The Kier molecular flexibility index (Phi) is 4.91. The fourth-order valence-corrected chi connectivity index (χ4v) is 4.98. The molecule has 3 aliphatic heterocycles. The molecule has 10 heteroatoms. The SMILES string of the molecule is O=C(C[C@H]1C(=O)N(Cc2ccc3c(c2)OCO3)c2nc3ccccc3n21)Nc1ccc2c(c1)OCCO2. The molecule has 0 unspecified atom stereocenters. The molecule has 0 saturated heterocycles. The standard InChI is InChI=1S/C27H22N4O6/c32-25(28-17-6-8-21-24(12-17)35-10-9-34-21)13-20-26(33)30(14-16-5-7-22-23(11-16)37-15-36-22)27-29-18-3-1-2-4-19(18)31(20)27/h1-8,11-12,20H,9-10,13-15H2,(H,28,32)/t20-/m0/s1. The zero-order valence-electron chi connectivity index (χ0n) is 19.7. The Morgan fingerprint density at radius 2 is 1.68 bits per heavy atom. The van der Waals surface area contributed by atoms with Crippen molar-refractivity contribution in [2.45, 2.75) is 19.0 Å². The van der Waals surface area contributed by atoms with Crippen LogP contribution >= 0.6 is 0 Å². The molecular weight excluding hydrogens is 476 g/mol. The zero-order valence-corrected chi connectivity index (χ0v) is 19.7. The van der Waals surface area contributed by atoms with E-state index in [9.17, 15) is 9.59 Å². The normalized spacial score (nSPS) is 17.2. The number of carbonyl (C=O) groups excluding carboxylic acids is 2. The highest BCUT2D eigenvalue weighted by molar-refractivity contribution is 6.05. The van der Waals surface area contributed by atoms with Crippen molar-refractivity contribution in [3.63, 3.8) is 0 Å². The number of hydrogen-bond acceptors (Lipinski definition) is 7. The van der Waals surface area contributed by atoms with E-state index in [0.29, 0.717) is 54.4 Å². The Labute approximate surface area is 211 Å². The highest BCUT2D eigenvalue weighted by atomic mass is 16.7. The van der Waals surface area contributed by atoms with Crippen molar-refractivity contribution in [1.82, 2.24) is 9.55 Å². The number of hydrogen-bond donors (Lipinski definition) is 1. The number of nitrogens with one attached hydrogen (secondary N) is 1. The van der Waals surface area contributed by atoms with Gasteiger partial charge in [0.25, 0.3) is 5.91 Å². The third-order valence-electron chi connectivity index (χ3n) is 6.66. The number of amides is 2. The summed E-state index contributed by atoms with van der Waals surface area (Å²) >= 11 is 0. The number of anilines is 2. The van der Waals surface area contributed by atoms with Crippen LogP contribution in [0.3, 0.4) is 0 Å². The van der Waals surface area contributed by atoms with E-state index in [-0.39, 0.29) is 25.0 Å². The van der Waals surface area contributed by atoms with E-state index < -0.39 is 6.04 Å². The van der Waals surface area contributed by atoms with Gasteiger partial charge in [0.15, 0.2) is 23.0 Å². The van der Waals surface area contributed by atoms with Gasteiger partial charge in [0.2, 0.25) is 18.6 Å². The minimum atomic E-state index is -0.728. The van der Waals surface area contributed by atoms with Crippen molar-refractivity contribution in [1.29, 1.82) is 0 Å². The maximum absolute atomic E-state index is 13.7. The van der Waals surface area contributed by atoms with Crippen LogP contribution in [0, 0.1) is 0 Å². The van der Waals surface area contributed by atoms with Crippen LogP contribution in [0.25, 0.3) is 11.0 Å². The Bertz CT molecular complexity index is 1560. The lowest BCUT2D eigenvalue weighted by Gasteiger charge is -2.19. The molecule has 3 aromatic carbocycles. The van der Waals surface area contributed by atoms with Crippen LogP contribution in [0.1, 0.15) is 18.0 Å². The molecule has 0 radical (unpaired) electrons. The Hall–Kier alpha value is -4.73. The van der Waals surface area contributed by atoms with E-state index in [1.165, 1.54) is 0 Å². The van der Waals surface area contributed by atoms with Crippen molar-refractivity contribution >= 4 is 34.5 Å². The van der Waals surface area contributed by atoms with Crippen molar-refractivity contribution in [2.24, 2.45) is 0 Å². The first kappa shape index (κ1) is 21.5. The topological polar surface area (TPSA) is 104 Å². The Morgan fingerprint density at radius 1 is 0.919 bits per heavy atom. The van der Waals surface area contributed by atoms with Gasteiger partial charge in [0, 0.05) is 11.8 Å². The minimum absolute atomic E-state index is 0.0434. The van der Waals surface area contributed by atoms with Gasteiger partial charge in [0.1, 0.15) is 19.3 Å². The van der Waals surface area contributed by atoms with Crippen molar-refractivity contribution in [3.8, 4) is 23.0 Å². The van der Waals surface area contributed by atoms with Crippen molar-refractivity contribution in [3.05, 3.63) is 66.2 Å². The highest BCUT2D eigenvalue weighted by Crippen LogP contribution is 2.39. The van der Waals surface area contributed by atoms with E-state index in [1.54, 1.807) is 23.1 Å². The number of carbonyl (C=O) groups is 2. The maximum atomic E-state index is 13.7. The van der Waals surface area contributed by atoms with Gasteiger partial charge in [-0.25, -0.2) is 4.98 Å². The molecule has 2 amide bonds. The molecule has 0 spiro atoms. The average Bonchev–Trinajstić information content (AvgIpc) is 3.59. The first-order valence-electron chi connectivity index (χ1n) is 12.0. The first-order valence-corrected chi connectivity index (χ1v) is 12.0. The van der Waals surface area contributed by atoms with Gasteiger partial charge in [-0.2, -0.15) is 0 Å². The molecule has 10 nitrogen and oxygen atoms in total. The lowest BCUT2D eigenvalue weighted by molar-refractivity contribution is -0.124. The number of imidazole rings is 1.